The van der Waals surface area contributed by atoms with Gasteiger partial charge in [-0.2, -0.15) is 0 Å². The number of carbonyl (C=O) groups is 2. The molecule has 0 saturated carbocycles. The van der Waals surface area contributed by atoms with Gasteiger partial charge in [0.05, 0.1) is 10.6 Å². The molecule has 0 aliphatic carbocycles. The van der Waals surface area contributed by atoms with Crippen LogP contribution in [0, 0.1) is 0 Å². The molecule has 0 unspecified atom stereocenters. The van der Waals surface area contributed by atoms with E-state index in [1.807, 2.05) is 43.3 Å². The Balaban J connectivity index is 1.78. The fourth-order valence-electron chi connectivity index (χ4n) is 4.77. The molecule has 1 N–H and O–H groups in total. The topological polar surface area (TPSA) is 86.8 Å². The smallest absolute Gasteiger partial charge is 0.264 e. The molecule has 4 rings (SSSR count). The first-order valence-electron chi connectivity index (χ1n) is 14.4. The van der Waals surface area contributed by atoms with E-state index in [9.17, 15) is 18.0 Å². The lowest BCUT2D eigenvalue weighted by atomic mass is 10.0. The molecule has 0 aliphatic rings. The summed E-state index contributed by atoms with van der Waals surface area (Å²) in [4.78, 5) is 29.7. The Morgan fingerprint density at radius 1 is 0.864 bits per heavy atom. The van der Waals surface area contributed by atoms with Crippen LogP contribution in [0.2, 0.25) is 5.02 Å². The third-order valence-corrected chi connectivity index (χ3v) is 9.57. The molecule has 44 heavy (non-hydrogen) atoms. The number of hydrogen-bond donors (Lipinski definition) is 1. The number of benzene rings is 4. The lowest BCUT2D eigenvalue weighted by molar-refractivity contribution is -0.140. The Morgan fingerprint density at radius 3 is 2.18 bits per heavy atom. The second-order valence-corrected chi connectivity index (χ2v) is 13.5. The summed E-state index contributed by atoms with van der Waals surface area (Å²) in [6.07, 6.45) is 1.93. The van der Waals surface area contributed by atoms with Crippen molar-refractivity contribution < 1.29 is 18.0 Å². The molecule has 1 atom stereocenters. The summed E-state index contributed by atoms with van der Waals surface area (Å²) in [6.45, 7) is 2.02. The summed E-state index contributed by atoms with van der Waals surface area (Å²) in [5, 5.41) is 3.48. The SMILES string of the molecule is CCCCNC(=O)[C@@H](Cc1ccccc1)N(Cc1cccc(Cl)c1)C(=O)CN(c1cccc(Br)c1)S(=O)(=O)c1ccccc1. The Kier molecular flexibility index (Phi) is 12.0. The predicted molar refractivity (Wildman–Crippen MR) is 179 cm³/mol. The fourth-order valence-corrected chi connectivity index (χ4v) is 6.80. The second-order valence-electron chi connectivity index (χ2n) is 10.3. The van der Waals surface area contributed by atoms with Crippen molar-refractivity contribution in [1.29, 1.82) is 0 Å². The van der Waals surface area contributed by atoms with Crippen LogP contribution in [0.1, 0.15) is 30.9 Å². The second kappa shape index (κ2) is 15.9. The molecule has 0 heterocycles. The predicted octanol–water partition coefficient (Wildman–Crippen LogP) is 6.85. The van der Waals surface area contributed by atoms with Crippen LogP contribution in [0.5, 0.6) is 0 Å². The summed E-state index contributed by atoms with van der Waals surface area (Å²) in [5.41, 5.74) is 1.89. The third kappa shape index (κ3) is 8.94. The van der Waals surface area contributed by atoms with Crippen LogP contribution in [0.15, 0.2) is 119 Å². The standard InChI is InChI=1S/C34H35BrClN3O4S/c1-2-3-20-37-34(41)32(22-26-12-6-4-7-13-26)38(24-27-14-10-16-29(36)21-27)33(40)25-39(30-17-11-15-28(35)23-30)44(42,43)31-18-8-5-9-19-31/h4-19,21,23,32H,2-3,20,22,24-25H2,1H3,(H,37,41)/t32-/m1/s1. The number of unbranched alkanes of at least 4 members (excludes halogenated alkanes) is 1. The number of carbonyl (C=O) groups excluding carboxylic acids is 2. The highest BCUT2D eigenvalue weighted by atomic mass is 79.9. The maximum atomic E-state index is 14.4. The molecule has 10 heteroatoms. The zero-order chi connectivity index (χ0) is 31.5. The highest BCUT2D eigenvalue weighted by molar-refractivity contribution is 9.10. The van der Waals surface area contributed by atoms with Crippen molar-refractivity contribution in [1.82, 2.24) is 10.2 Å². The normalized spacial score (nSPS) is 11.9. The fraction of sp³-hybridized carbons (Fsp3) is 0.235. The lowest BCUT2D eigenvalue weighted by Gasteiger charge is -2.34. The molecule has 2 amide bonds. The molecule has 0 spiro atoms. The zero-order valence-corrected chi connectivity index (χ0v) is 27.6. The van der Waals surface area contributed by atoms with E-state index in [1.165, 1.54) is 17.0 Å². The van der Waals surface area contributed by atoms with Gasteiger partial charge in [0, 0.05) is 29.0 Å². The largest absolute Gasteiger partial charge is 0.354 e. The molecule has 4 aromatic rings. The van der Waals surface area contributed by atoms with Crippen LogP contribution in [0.4, 0.5) is 5.69 Å². The van der Waals surface area contributed by atoms with Crippen molar-refractivity contribution in [3.63, 3.8) is 0 Å². The van der Waals surface area contributed by atoms with E-state index in [0.29, 0.717) is 27.3 Å². The van der Waals surface area contributed by atoms with E-state index in [1.54, 1.807) is 60.7 Å². The number of nitrogens with one attached hydrogen (secondary N) is 1. The minimum absolute atomic E-state index is 0.0484. The van der Waals surface area contributed by atoms with Crippen molar-refractivity contribution in [3.05, 3.63) is 130 Å². The van der Waals surface area contributed by atoms with Crippen molar-refractivity contribution in [2.75, 3.05) is 17.4 Å². The molecule has 0 aliphatic heterocycles. The molecule has 0 saturated heterocycles. The maximum absolute atomic E-state index is 14.4. The molecule has 0 bridgehead atoms. The van der Waals surface area contributed by atoms with E-state index < -0.39 is 28.5 Å². The first-order chi connectivity index (χ1) is 21.2. The van der Waals surface area contributed by atoms with Crippen LogP contribution in [-0.4, -0.2) is 44.3 Å². The molecule has 4 aromatic carbocycles. The summed E-state index contributed by atoms with van der Waals surface area (Å²) < 4.78 is 29.8. The van der Waals surface area contributed by atoms with Gasteiger partial charge < -0.3 is 10.2 Å². The van der Waals surface area contributed by atoms with Crippen LogP contribution in [-0.2, 0) is 32.6 Å². The van der Waals surface area contributed by atoms with E-state index >= 15 is 0 Å². The van der Waals surface area contributed by atoms with E-state index in [4.69, 9.17) is 11.6 Å². The average molecular weight is 697 g/mol. The number of amides is 2. The zero-order valence-electron chi connectivity index (χ0n) is 24.4. The van der Waals surface area contributed by atoms with E-state index in [2.05, 4.69) is 21.2 Å². The van der Waals surface area contributed by atoms with Crippen molar-refractivity contribution in [2.24, 2.45) is 0 Å². The van der Waals surface area contributed by atoms with Crippen molar-refractivity contribution in [2.45, 2.75) is 43.7 Å². The summed E-state index contributed by atoms with van der Waals surface area (Å²) in [6, 6.07) is 30.4. The summed E-state index contributed by atoms with van der Waals surface area (Å²) >= 11 is 9.72. The number of halogens is 2. The van der Waals surface area contributed by atoms with Gasteiger partial charge in [0.2, 0.25) is 11.8 Å². The molecule has 0 fully saturated rings. The molecule has 230 valence electrons. The molecular weight excluding hydrogens is 662 g/mol. The Morgan fingerprint density at radius 2 is 1.52 bits per heavy atom. The van der Waals surface area contributed by atoms with Crippen molar-refractivity contribution in [3.8, 4) is 0 Å². The highest BCUT2D eigenvalue weighted by Crippen LogP contribution is 2.27. The Bertz CT molecular complexity index is 1660. The van der Waals surface area contributed by atoms with Gasteiger partial charge in [-0.15, -0.1) is 0 Å². The van der Waals surface area contributed by atoms with Crippen LogP contribution in [0.25, 0.3) is 0 Å². The molecule has 0 radical (unpaired) electrons. The van der Waals surface area contributed by atoms with Gasteiger partial charge in [-0.1, -0.05) is 108 Å². The maximum Gasteiger partial charge on any atom is 0.264 e. The Hall–Kier alpha value is -3.66. The first-order valence-corrected chi connectivity index (χ1v) is 17.0. The third-order valence-electron chi connectivity index (χ3n) is 7.05. The van der Waals surface area contributed by atoms with Gasteiger partial charge in [0.15, 0.2) is 0 Å². The van der Waals surface area contributed by atoms with Crippen molar-refractivity contribution >= 4 is 55.1 Å². The van der Waals surface area contributed by atoms with Gasteiger partial charge in [-0.3, -0.25) is 13.9 Å². The van der Waals surface area contributed by atoms with E-state index in [0.717, 1.165) is 22.7 Å². The van der Waals surface area contributed by atoms with Crippen LogP contribution < -0.4 is 9.62 Å². The van der Waals surface area contributed by atoms with Crippen LogP contribution >= 0.6 is 27.5 Å². The minimum atomic E-state index is -4.16. The first kappa shape index (κ1) is 33.2. The van der Waals surface area contributed by atoms with Gasteiger partial charge >= 0.3 is 0 Å². The number of anilines is 1. The van der Waals surface area contributed by atoms with Crippen LogP contribution in [0.3, 0.4) is 0 Å². The monoisotopic (exact) mass is 695 g/mol. The number of hydrogen-bond acceptors (Lipinski definition) is 4. The number of sulfonamides is 1. The quantitative estimate of drug-likeness (QED) is 0.146. The molecular formula is C34H35BrClN3O4S. The van der Waals surface area contributed by atoms with E-state index in [-0.39, 0.29) is 23.8 Å². The number of nitrogens with zero attached hydrogens (tertiary/aromatic N) is 2. The summed E-state index contributed by atoms with van der Waals surface area (Å²) in [7, 11) is -4.16. The van der Waals surface area contributed by atoms with Gasteiger partial charge in [-0.05, 0) is 60.0 Å². The average Bonchev–Trinajstić information content (AvgIpc) is 3.02. The molecule has 7 nitrogen and oxygen atoms in total. The highest BCUT2D eigenvalue weighted by Gasteiger charge is 2.34. The molecule has 0 aromatic heterocycles. The lowest BCUT2D eigenvalue weighted by Crippen LogP contribution is -2.53. The minimum Gasteiger partial charge on any atom is -0.354 e. The van der Waals surface area contributed by atoms with Gasteiger partial charge in [-0.25, -0.2) is 8.42 Å². The summed E-state index contributed by atoms with van der Waals surface area (Å²) in [5.74, 6) is -0.839. The Labute approximate surface area is 273 Å². The van der Waals surface area contributed by atoms with Gasteiger partial charge in [0.1, 0.15) is 12.6 Å². The van der Waals surface area contributed by atoms with Gasteiger partial charge in [0.25, 0.3) is 10.0 Å². The number of rotatable bonds is 14.